The predicted molar refractivity (Wildman–Crippen MR) is 89.3 cm³/mol. The Kier molecular flexibility index (Phi) is 7.69. The van der Waals surface area contributed by atoms with Crippen LogP contribution < -0.4 is 0 Å². The van der Waals surface area contributed by atoms with Crippen LogP contribution in [0.15, 0.2) is 30.3 Å². The largest absolute Gasteiger partial charge is 0.498 e. The maximum atomic E-state index is 12.9. The molecule has 30 heavy (non-hydrogen) atoms. The lowest BCUT2D eigenvalue weighted by atomic mass is 9.95. The molecular weight excluding hydrogens is 470 g/mol. The number of hydrogen-bond acceptors (Lipinski definition) is 7. The molecule has 0 aromatic heterocycles. The highest BCUT2D eigenvalue weighted by atomic mass is 32.3. The molecule has 1 atom stereocenters. The molecular formula is C15H14F6O7S2. The Labute approximate surface area is 166 Å². The zero-order valence-corrected chi connectivity index (χ0v) is 16.5. The van der Waals surface area contributed by atoms with Crippen LogP contribution in [0.3, 0.4) is 0 Å². The molecule has 1 aromatic carbocycles. The average Bonchev–Trinajstić information content (AvgIpc) is 2.60. The van der Waals surface area contributed by atoms with E-state index >= 15 is 0 Å². The van der Waals surface area contributed by atoms with Gasteiger partial charge in [0.15, 0.2) is 10.4 Å². The van der Waals surface area contributed by atoms with Gasteiger partial charge in [-0.25, -0.2) is 16.8 Å². The van der Waals surface area contributed by atoms with Crippen molar-refractivity contribution in [2.24, 2.45) is 5.92 Å². The molecule has 0 saturated heterocycles. The van der Waals surface area contributed by atoms with E-state index in [9.17, 15) is 52.8 Å². The van der Waals surface area contributed by atoms with Crippen LogP contribution in [0.4, 0.5) is 26.3 Å². The van der Waals surface area contributed by atoms with Crippen molar-refractivity contribution in [1.29, 1.82) is 0 Å². The molecule has 0 N–H and O–H groups in total. The molecule has 0 saturated carbocycles. The zero-order valence-electron chi connectivity index (χ0n) is 14.9. The van der Waals surface area contributed by atoms with Crippen molar-refractivity contribution >= 4 is 31.4 Å². The van der Waals surface area contributed by atoms with Crippen molar-refractivity contribution < 1.29 is 57.5 Å². The van der Waals surface area contributed by atoms with E-state index in [4.69, 9.17) is 0 Å². The van der Waals surface area contributed by atoms with Gasteiger partial charge in [-0.05, 0) is 13.3 Å². The number of esters is 1. The molecule has 0 fully saturated rings. The molecule has 1 rings (SSSR count). The number of sulfone groups is 2. The number of ketones is 1. The highest BCUT2D eigenvalue weighted by molar-refractivity contribution is 8.09. The molecule has 1 unspecified atom stereocenters. The van der Waals surface area contributed by atoms with E-state index in [0.717, 1.165) is 12.1 Å². The number of carbonyl (C=O) groups excluding carboxylic acids is 2. The van der Waals surface area contributed by atoms with Gasteiger partial charge in [0.05, 0.1) is 6.61 Å². The van der Waals surface area contributed by atoms with E-state index in [1.54, 1.807) is 0 Å². The Bertz CT molecular complexity index is 939. The van der Waals surface area contributed by atoms with Crippen molar-refractivity contribution in [2.75, 3.05) is 6.61 Å². The van der Waals surface area contributed by atoms with Crippen molar-refractivity contribution in [3.05, 3.63) is 35.9 Å². The smallest absolute Gasteiger partial charge is 0.465 e. The Balaban J connectivity index is 3.65. The molecule has 7 nitrogen and oxygen atoms in total. The summed E-state index contributed by atoms with van der Waals surface area (Å²) in [6.07, 6.45) is -2.14. The minimum Gasteiger partial charge on any atom is -0.465 e. The summed E-state index contributed by atoms with van der Waals surface area (Å²) in [7, 11) is -14.0. The van der Waals surface area contributed by atoms with E-state index in [1.165, 1.54) is 25.1 Å². The minimum absolute atomic E-state index is 0.386. The van der Waals surface area contributed by atoms with Gasteiger partial charge in [0.25, 0.3) is 19.7 Å². The Morgan fingerprint density at radius 1 is 0.900 bits per heavy atom. The molecule has 0 bridgehead atoms. The van der Waals surface area contributed by atoms with Gasteiger partial charge in [0.1, 0.15) is 5.92 Å². The molecule has 0 aliphatic carbocycles. The summed E-state index contributed by atoms with van der Waals surface area (Å²) < 4.78 is 124. The highest BCUT2D eigenvalue weighted by Crippen LogP contribution is 2.39. The van der Waals surface area contributed by atoms with Crippen LogP contribution in [0.25, 0.3) is 0 Å². The maximum Gasteiger partial charge on any atom is 0.498 e. The SMILES string of the molecule is CCOC(=O)C(CC(S(=O)(=O)C(F)(F)F)S(=O)(=O)C(F)(F)F)C(=O)c1ccccc1. The molecule has 15 heteroatoms. The van der Waals surface area contributed by atoms with Crippen LogP contribution >= 0.6 is 0 Å². The Morgan fingerprint density at radius 2 is 1.33 bits per heavy atom. The molecule has 0 radical (unpaired) electrons. The van der Waals surface area contributed by atoms with Gasteiger partial charge >= 0.3 is 17.0 Å². The molecule has 0 amide bonds. The third-order valence-electron chi connectivity index (χ3n) is 3.71. The van der Waals surface area contributed by atoms with E-state index < -0.39 is 66.0 Å². The zero-order chi connectivity index (χ0) is 23.5. The van der Waals surface area contributed by atoms with Crippen molar-refractivity contribution in [3.63, 3.8) is 0 Å². The number of benzene rings is 1. The second-order valence-corrected chi connectivity index (χ2v) is 10.2. The van der Waals surface area contributed by atoms with Crippen molar-refractivity contribution in [1.82, 2.24) is 0 Å². The second-order valence-electron chi connectivity index (χ2n) is 5.68. The van der Waals surface area contributed by atoms with Gasteiger partial charge in [-0.2, -0.15) is 26.3 Å². The van der Waals surface area contributed by atoms with Gasteiger partial charge in [-0.1, -0.05) is 30.3 Å². The van der Waals surface area contributed by atoms with E-state index in [2.05, 4.69) is 4.74 Å². The number of rotatable bonds is 8. The van der Waals surface area contributed by atoms with Gasteiger partial charge in [-0.3, -0.25) is 9.59 Å². The first kappa shape index (κ1) is 25.9. The van der Waals surface area contributed by atoms with Gasteiger partial charge in [0.2, 0.25) is 0 Å². The summed E-state index contributed by atoms with van der Waals surface area (Å²) in [5.41, 5.74) is -13.2. The highest BCUT2D eigenvalue weighted by Gasteiger charge is 2.63. The Hall–Kier alpha value is -2.16. The first-order chi connectivity index (χ1) is 13.5. The fourth-order valence-electron chi connectivity index (χ4n) is 2.27. The molecule has 0 spiro atoms. The molecule has 0 aliphatic heterocycles. The fourth-order valence-corrected chi connectivity index (χ4v) is 5.74. The number of halogens is 6. The summed E-state index contributed by atoms with van der Waals surface area (Å²) in [6, 6.07) is 5.96. The second kappa shape index (κ2) is 8.91. The van der Waals surface area contributed by atoms with Crippen LogP contribution in [0.5, 0.6) is 0 Å². The monoisotopic (exact) mass is 484 g/mol. The normalized spacial score (nSPS) is 14.4. The standard InChI is InChI=1S/C15H14F6O7S2/c1-2-28-13(23)10(12(22)9-6-4-3-5-7-9)8-11(29(24,25)14(16,17)18)30(26,27)15(19,20)21/h3-7,10-11H,2,8H2,1H3. The Morgan fingerprint density at radius 3 is 1.70 bits per heavy atom. The lowest BCUT2D eigenvalue weighted by Gasteiger charge is -2.24. The van der Waals surface area contributed by atoms with Crippen molar-refractivity contribution in [2.45, 2.75) is 28.9 Å². The van der Waals surface area contributed by atoms with Crippen LogP contribution in [-0.2, 0) is 29.2 Å². The molecule has 0 aliphatic rings. The number of Topliss-reactive ketones (excluding diaryl/α,β-unsaturated/α-hetero) is 1. The summed E-state index contributed by atoms with van der Waals surface area (Å²) >= 11 is 0. The van der Waals surface area contributed by atoms with E-state index in [1.807, 2.05) is 0 Å². The lowest BCUT2D eigenvalue weighted by Crippen LogP contribution is -2.47. The summed E-state index contributed by atoms with van der Waals surface area (Å²) in [4.78, 5) is 24.5. The fraction of sp³-hybridized carbons (Fsp3) is 0.467. The van der Waals surface area contributed by atoms with Crippen molar-refractivity contribution in [3.8, 4) is 0 Å². The number of ether oxygens (including phenoxy) is 1. The van der Waals surface area contributed by atoms with Crippen LogP contribution in [0.2, 0.25) is 0 Å². The number of alkyl halides is 6. The quantitative estimate of drug-likeness (QED) is 0.241. The molecule has 170 valence electrons. The maximum absolute atomic E-state index is 12.9. The molecule has 0 heterocycles. The summed E-state index contributed by atoms with van der Waals surface area (Å²) in [6.45, 7) is 0.721. The third kappa shape index (κ3) is 5.30. The van der Waals surface area contributed by atoms with Crippen LogP contribution in [0.1, 0.15) is 23.7 Å². The molecule has 1 aromatic rings. The summed E-state index contributed by atoms with van der Waals surface area (Å²) in [5.74, 6) is -5.65. The summed E-state index contributed by atoms with van der Waals surface area (Å²) in [5, 5.41) is 0. The number of carbonyl (C=O) groups is 2. The van der Waals surface area contributed by atoms with Gasteiger partial charge < -0.3 is 4.74 Å². The first-order valence-corrected chi connectivity index (χ1v) is 10.9. The average molecular weight is 484 g/mol. The van der Waals surface area contributed by atoms with E-state index in [-0.39, 0.29) is 5.56 Å². The third-order valence-corrected chi connectivity index (χ3v) is 8.29. The van der Waals surface area contributed by atoms with Crippen LogP contribution in [-0.4, -0.2) is 50.8 Å². The lowest BCUT2D eigenvalue weighted by molar-refractivity contribution is -0.146. The van der Waals surface area contributed by atoms with E-state index in [0.29, 0.717) is 0 Å². The topological polar surface area (TPSA) is 112 Å². The van der Waals surface area contributed by atoms with Gasteiger partial charge in [0, 0.05) is 5.56 Å². The predicted octanol–water partition coefficient (Wildman–Crippen LogP) is 2.63. The number of hydrogen-bond donors (Lipinski definition) is 0. The van der Waals surface area contributed by atoms with Crippen LogP contribution in [0, 0.1) is 5.92 Å². The minimum atomic E-state index is -7.01. The first-order valence-electron chi connectivity index (χ1n) is 7.84. The van der Waals surface area contributed by atoms with Gasteiger partial charge in [-0.15, -0.1) is 0 Å².